The highest BCUT2D eigenvalue weighted by molar-refractivity contribution is 5.95. The van der Waals surface area contributed by atoms with Crippen LogP contribution in [0.25, 0.3) is 0 Å². The van der Waals surface area contributed by atoms with Crippen LogP contribution in [-0.4, -0.2) is 43.0 Å². The first-order valence-corrected chi connectivity index (χ1v) is 9.38. The highest BCUT2D eigenvalue weighted by atomic mass is 35.5. The predicted octanol–water partition coefficient (Wildman–Crippen LogP) is 1.81. The van der Waals surface area contributed by atoms with Gasteiger partial charge < -0.3 is 20.4 Å². The number of carbonyl (C=O) groups is 2. The van der Waals surface area contributed by atoms with Gasteiger partial charge in [0.05, 0.1) is 0 Å². The molecule has 3 heterocycles. The summed E-state index contributed by atoms with van der Waals surface area (Å²) >= 11 is 0. The van der Waals surface area contributed by atoms with Crippen LogP contribution in [0.1, 0.15) is 50.8 Å². The Hall–Kier alpha value is -2.42. The molecule has 1 saturated heterocycles. The van der Waals surface area contributed by atoms with Gasteiger partial charge in [0.2, 0.25) is 0 Å². The fourth-order valence-electron chi connectivity index (χ4n) is 3.25. The van der Waals surface area contributed by atoms with Crippen LogP contribution in [0.15, 0.2) is 39.8 Å². The Kier molecular flexibility index (Phi) is 10.5. The van der Waals surface area contributed by atoms with E-state index >= 15 is 0 Å². The molecule has 1 atom stereocenters. The molecule has 1 unspecified atom stereocenters. The van der Waals surface area contributed by atoms with Crippen LogP contribution in [0.2, 0.25) is 0 Å². The van der Waals surface area contributed by atoms with Gasteiger partial charge in [0, 0.05) is 43.5 Å². The zero-order valence-electron chi connectivity index (χ0n) is 16.6. The van der Waals surface area contributed by atoms with E-state index in [4.69, 9.17) is 4.42 Å². The Balaban J connectivity index is 0.00000225. The van der Waals surface area contributed by atoms with Crippen molar-refractivity contribution in [2.45, 2.75) is 25.7 Å². The third-order valence-corrected chi connectivity index (χ3v) is 4.73. The Bertz CT molecular complexity index is 899. The summed E-state index contributed by atoms with van der Waals surface area (Å²) in [4.78, 5) is 40.5. The molecule has 0 radical (unpaired) electrons. The number of nitrogens with one attached hydrogen (secondary N) is 3. The number of nitrogens with zero attached hydrogens (tertiary/aromatic N) is 1. The number of carbonyl (C=O) groups excluding carboxylic acids is 2. The topological polar surface area (TPSA) is 113 Å². The molecule has 2 amide bonds. The van der Waals surface area contributed by atoms with Crippen molar-refractivity contribution in [1.29, 1.82) is 0 Å². The largest absolute Gasteiger partial charge is 0.427 e. The van der Waals surface area contributed by atoms with Crippen LogP contribution in [0.4, 0.5) is 0 Å². The fourth-order valence-corrected chi connectivity index (χ4v) is 3.25. The van der Waals surface area contributed by atoms with Crippen molar-refractivity contribution in [2.24, 2.45) is 0 Å². The monoisotopic (exact) mass is 456 g/mol. The van der Waals surface area contributed by atoms with Gasteiger partial charge in [0.1, 0.15) is 11.3 Å². The van der Waals surface area contributed by atoms with Crippen LogP contribution in [0.3, 0.4) is 0 Å². The van der Waals surface area contributed by atoms with Crippen molar-refractivity contribution in [1.82, 2.24) is 20.9 Å². The highest BCUT2D eigenvalue weighted by Crippen LogP contribution is 2.23. The van der Waals surface area contributed by atoms with E-state index in [0.717, 1.165) is 25.9 Å². The lowest BCUT2D eigenvalue weighted by molar-refractivity contribution is 0.0924. The standard InChI is InChI=1S/C20H24N4O4.2ClH/c1-13-11-16(15-3-2-6-22-12-15)28-20(27)17(13)19(26)24-10-9-23-18(25)14-4-7-21-8-5-14;;/h4-5,7-8,11,15,22H,2-3,6,9-10,12H2,1H3,(H,23,25)(H,24,26);2*1H. The van der Waals surface area contributed by atoms with E-state index in [1.54, 1.807) is 25.1 Å². The summed E-state index contributed by atoms with van der Waals surface area (Å²) in [5.74, 6) is 0.0204. The quantitative estimate of drug-likeness (QED) is 0.571. The molecule has 0 aromatic carbocycles. The van der Waals surface area contributed by atoms with Gasteiger partial charge in [0.25, 0.3) is 11.8 Å². The summed E-state index contributed by atoms with van der Waals surface area (Å²) in [5, 5.41) is 8.63. The minimum Gasteiger partial charge on any atom is -0.427 e. The van der Waals surface area contributed by atoms with Gasteiger partial charge >= 0.3 is 5.63 Å². The second kappa shape index (κ2) is 12.3. The molecule has 0 saturated carbocycles. The molecule has 164 valence electrons. The number of rotatable bonds is 6. The Morgan fingerprint density at radius 3 is 2.43 bits per heavy atom. The Morgan fingerprint density at radius 2 is 1.83 bits per heavy atom. The fraction of sp³-hybridized carbons (Fsp3) is 0.400. The molecular formula is C20H26Cl2N4O4. The maximum absolute atomic E-state index is 12.4. The van der Waals surface area contributed by atoms with Crippen molar-refractivity contribution in [3.8, 4) is 0 Å². The van der Waals surface area contributed by atoms with E-state index in [-0.39, 0.29) is 55.3 Å². The van der Waals surface area contributed by atoms with Gasteiger partial charge in [-0.25, -0.2) is 4.79 Å². The zero-order valence-corrected chi connectivity index (χ0v) is 18.2. The maximum atomic E-state index is 12.4. The SMILES string of the molecule is Cc1cc(C2CCCNC2)oc(=O)c1C(=O)NCCNC(=O)c1ccncc1.Cl.Cl. The van der Waals surface area contributed by atoms with Gasteiger partial charge in [-0.1, -0.05) is 0 Å². The lowest BCUT2D eigenvalue weighted by Crippen LogP contribution is -2.37. The van der Waals surface area contributed by atoms with E-state index in [9.17, 15) is 14.4 Å². The molecule has 30 heavy (non-hydrogen) atoms. The van der Waals surface area contributed by atoms with Crippen molar-refractivity contribution < 1.29 is 14.0 Å². The minimum atomic E-state index is -0.626. The van der Waals surface area contributed by atoms with E-state index in [2.05, 4.69) is 20.9 Å². The first-order valence-electron chi connectivity index (χ1n) is 9.38. The molecular weight excluding hydrogens is 431 g/mol. The molecule has 2 aromatic heterocycles. The minimum absolute atomic E-state index is 0. The van der Waals surface area contributed by atoms with E-state index in [1.807, 2.05) is 0 Å². The number of hydrogen-bond donors (Lipinski definition) is 3. The number of pyridine rings is 1. The van der Waals surface area contributed by atoms with Gasteiger partial charge in [-0.2, -0.15) is 0 Å². The van der Waals surface area contributed by atoms with E-state index < -0.39 is 11.5 Å². The van der Waals surface area contributed by atoms with Gasteiger partial charge in [-0.15, -0.1) is 24.8 Å². The number of aryl methyl sites for hydroxylation is 1. The van der Waals surface area contributed by atoms with Crippen molar-refractivity contribution >= 4 is 36.6 Å². The maximum Gasteiger partial charge on any atom is 0.349 e. The van der Waals surface area contributed by atoms with E-state index in [0.29, 0.717) is 16.9 Å². The third kappa shape index (κ3) is 6.55. The second-order valence-corrected chi connectivity index (χ2v) is 6.79. The zero-order chi connectivity index (χ0) is 19.9. The number of hydrogen-bond acceptors (Lipinski definition) is 6. The smallest absolute Gasteiger partial charge is 0.349 e. The average Bonchev–Trinajstić information content (AvgIpc) is 2.72. The van der Waals surface area contributed by atoms with Crippen molar-refractivity contribution in [3.63, 3.8) is 0 Å². The molecule has 1 aliphatic rings. The third-order valence-electron chi connectivity index (χ3n) is 4.73. The molecule has 2 aromatic rings. The van der Waals surface area contributed by atoms with Crippen molar-refractivity contribution in [3.05, 3.63) is 63.5 Å². The summed E-state index contributed by atoms with van der Waals surface area (Å²) in [5.41, 5.74) is 0.465. The molecule has 1 fully saturated rings. The Labute approximate surface area is 187 Å². The number of halogens is 2. The van der Waals surface area contributed by atoms with Gasteiger partial charge in [-0.05, 0) is 50.1 Å². The normalized spacial score (nSPS) is 15.3. The van der Waals surface area contributed by atoms with Gasteiger partial charge in [-0.3, -0.25) is 14.6 Å². The van der Waals surface area contributed by atoms with Crippen LogP contribution in [0, 0.1) is 6.92 Å². The Morgan fingerprint density at radius 1 is 1.17 bits per heavy atom. The molecule has 0 aliphatic carbocycles. The first kappa shape index (κ1) is 25.6. The molecule has 1 aliphatic heterocycles. The summed E-state index contributed by atoms with van der Waals surface area (Å²) in [7, 11) is 0. The number of aromatic nitrogens is 1. The molecule has 10 heteroatoms. The number of amides is 2. The highest BCUT2D eigenvalue weighted by Gasteiger charge is 2.22. The summed E-state index contributed by atoms with van der Waals surface area (Å²) in [6, 6.07) is 4.98. The lowest BCUT2D eigenvalue weighted by atomic mass is 9.95. The summed E-state index contributed by atoms with van der Waals surface area (Å²) in [6.45, 7) is 3.91. The van der Waals surface area contributed by atoms with E-state index in [1.165, 1.54) is 12.4 Å². The molecule has 0 bridgehead atoms. The van der Waals surface area contributed by atoms with Crippen molar-refractivity contribution in [2.75, 3.05) is 26.2 Å². The second-order valence-electron chi connectivity index (χ2n) is 6.79. The first-order chi connectivity index (χ1) is 13.6. The summed E-state index contributed by atoms with van der Waals surface area (Å²) in [6.07, 6.45) is 5.05. The molecule has 8 nitrogen and oxygen atoms in total. The van der Waals surface area contributed by atoms with Gasteiger partial charge in [0.15, 0.2) is 0 Å². The molecule has 3 rings (SSSR count). The molecule has 0 spiro atoms. The predicted molar refractivity (Wildman–Crippen MR) is 118 cm³/mol. The van der Waals surface area contributed by atoms with Crippen LogP contribution in [0.5, 0.6) is 0 Å². The molecule has 3 N–H and O–H groups in total. The lowest BCUT2D eigenvalue weighted by Gasteiger charge is -2.22. The van der Waals surface area contributed by atoms with Crippen LogP contribution in [-0.2, 0) is 0 Å². The number of piperidine rings is 1. The summed E-state index contributed by atoms with van der Waals surface area (Å²) < 4.78 is 5.42. The van der Waals surface area contributed by atoms with Crippen LogP contribution >= 0.6 is 24.8 Å². The average molecular weight is 457 g/mol. The van der Waals surface area contributed by atoms with Crippen LogP contribution < -0.4 is 21.6 Å².